The molecule has 0 aromatic heterocycles. The monoisotopic (exact) mass is 605 g/mol. The van der Waals surface area contributed by atoms with Crippen LogP contribution in [0.5, 0.6) is 5.75 Å². The first-order valence-corrected chi connectivity index (χ1v) is 14.9. The van der Waals surface area contributed by atoms with Gasteiger partial charge < -0.3 is 15.0 Å². The van der Waals surface area contributed by atoms with E-state index in [-0.39, 0.29) is 29.1 Å². The predicted octanol–water partition coefficient (Wildman–Crippen LogP) is 5.53. The van der Waals surface area contributed by atoms with Crippen LogP contribution in [0.2, 0.25) is 10.0 Å². The number of halogens is 2. The summed E-state index contributed by atoms with van der Waals surface area (Å²) in [7, 11) is -2.70. The van der Waals surface area contributed by atoms with Crippen molar-refractivity contribution in [2.24, 2.45) is 0 Å². The van der Waals surface area contributed by atoms with Crippen molar-refractivity contribution in [2.45, 2.75) is 50.7 Å². The number of benzene rings is 3. The minimum atomic E-state index is -4.17. The normalized spacial score (nSPS) is 12.1. The number of amides is 2. The maximum atomic E-state index is 14.1. The molecule has 0 aliphatic heterocycles. The van der Waals surface area contributed by atoms with E-state index in [0.29, 0.717) is 27.8 Å². The Morgan fingerprint density at radius 2 is 1.65 bits per heavy atom. The van der Waals surface area contributed by atoms with Gasteiger partial charge in [0.05, 0.1) is 27.7 Å². The molecule has 0 aliphatic carbocycles. The Kier molecular flexibility index (Phi) is 10.8. The quantitative estimate of drug-likeness (QED) is 0.293. The van der Waals surface area contributed by atoms with Crippen molar-refractivity contribution in [1.29, 1.82) is 0 Å². The number of ether oxygens (including phenoxy) is 1. The Hall–Kier alpha value is -3.27. The molecule has 11 heteroatoms. The molecule has 1 N–H and O–H groups in total. The maximum Gasteiger partial charge on any atom is 0.264 e. The smallest absolute Gasteiger partial charge is 0.264 e. The number of nitrogens with zero attached hydrogens (tertiary/aromatic N) is 2. The topological polar surface area (TPSA) is 96.0 Å². The Morgan fingerprint density at radius 1 is 0.950 bits per heavy atom. The first kappa shape index (κ1) is 31.3. The van der Waals surface area contributed by atoms with Gasteiger partial charge in [0, 0.05) is 18.7 Å². The lowest BCUT2D eigenvalue weighted by Gasteiger charge is -2.33. The van der Waals surface area contributed by atoms with E-state index in [9.17, 15) is 18.0 Å². The summed E-state index contributed by atoms with van der Waals surface area (Å²) >= 11 is 12.3. The zero-order valence-electron chi connectivity index (χ0n) is 22.8. The number of anilines is 1. The number of carbonyl (C=O) groups excluding carboxylic acids is 2. The van der Waals surface area contributed by atoms with Crippen molar-refractivity contribution in [1.82, 2.24) is 10.2 Å². The van der Waals surface area contributed by atoms with Crippen molar-refractivity contribution < 1.29 is 22.7 Å². The summed E-state index contributed by atoms with van der Waals surface area (Å²) in [6.07, 6.45) is 0.302. The van der Waals surface area contributed by atoms with Crippen LogP contribution in [-0.4, -0.2) is 50.9 Å². The van der Waals surface area contributed by atoms with E-state index in [4.69, 9.17) is 27.9 Å². The Labute approximate surface area is 245 Å². The second-order valence-electron chi connectivity index (χ2n) is 9.38. The van der Waals surface area contributed by atoms with Gasteiger partial charge in [0.25, 0.3) is 10.0 Å². The highest BCUT2D eigenvalue weighted by Gasteiger charge is 2.34. The van der Waals surface area contributed by atoms with Gasteiger partial charge in [-0.05, 0) is 62.2 Å². The molecule has 1 atom stereocenters. The van der Waals surface area contributed by atoms with Gasteiger partial charge in [-0.25, -0.2) is 8.42 Å². The SMILES string of the molecule is CCC(C(=O)NC(C)C)N(Cc1ccc(Cl)c(Cl)c1)C(=O)CN(c1cccc(OC)c1)S(=O)(=O)c1ccccc1. The molecule has 0 spiro atoms. The van der Waals surface area contributed by atoms with Crippen LogP contribution in [0.15, 0.2) is 77.7 Å². The van der Waals surface area contributed by atoms with Crippen LogP contribution in [0.1, 0.15) is 32.8 Å². The predicted molar refractivity (Wildman–Crippen MR) is 158 cm³/mol. The summed E-state index contributed by atoms with van der Waals surface area (Å²) in [5.41, 5.74) is 0.878. The number of methoxy groups -OCH3 is 1. The number of sulfonamides is 1. The second kappa shape index (κ2) is 13.9. The molecule has 3 aromatic carbocycles. The van der Waals surface area contributed by atoms with Gasteiger partial charge in [-0.2, -0.15) is 0 Å². The average Bonchev–Trinajstić information content (AvgIpc) is 2.93. The Bertz CT molecular complexity index is 1430. The van der Waals surface area contributed by atoms with E-state index in [1.807, 2.05) is 13.8 Å². The Morgan fingerprint density at radius 3 is 2.25 bits per heavy atom. The lowest BCUT2D eigenvalue weighted by Crippen LogP contribution is -2.53. The molecular formula is C29H33Cl2N3O5S. The summed E-state index contributed by atoms with van der Waals surface area (Å²) < 4.78 is 34.0. The molecule has 0 aliphatic rings. The van der Waals surface area contributed by atoms with Gasteiger partial charge in [0.1, 0.15) is 18.3 Å². The van der Waals surface area contributed by atoms with Gasteiger partial charge >= 0.3 is 0 Å². The van der Waals surface area contributed by atoms with Gasteiger partial charge in [0.2, 0.25) is 11.8 Å². The largest absolute Gasteiger partial charge is 0.497 e. The van der Waals surface area contributed by atoms with Gasteiger partial charge in [-0.1, -0.05) is 60.5 Å². The fourth-order valence-electron chi connectivity index (χ4n) is 4.15. The third-order valence-electron chi connectivity index (χ3n) is 6.11. The van der Waals surface area contributed by atoms with Crippen molar-refractivity contribution in [2.75, 3.05) is 18.0 Å². The van der Waals surface area contributed by atoms with Crippen molar-refractivity contribution >= 4 is 50.7 Å². The van der Waals surface area contributed by atoms with Crippen LogP contribution in [0.4, 0.5) is 5.69 Å². The summed E-state index contributed by atoms with van der Waals surface area (Å²) in [4.78, 5) is 28.7. The van der Waals surface area contributed by atoms with Crippen LogP contribution in [-0.2, 0) is 26.2 Å². The van der Waals surface area contributed by atoms with Crippen molar-refractivity contribution in [3.8, 4) is 5.75 Å². The lowest BCUT2D eigenvalue weighted by atomic mass is 10.1. The molecule has 3 aromatic rings. The summed E-state index contributed by atoms with van der Waals surface area (Å²) in [5, 5.41) is 3.52. The minimum Gasteiger partial charge on any atom is -0.497 e. The van der Waals surface area contributed by atoms with E-state index in [1.165, 1.54) is 24.1 Å². The first-order valence-electron chi connectivity index (χ1n) is 12.7. The second-order valence-corrected chi connectivity index (χ2v) is 12.1. The number of hydrogen-bond acceptors (Lipinski definition) is 5. The molecule has 3 rings (SSSR count). The molecule has 0 fully saturated rings. The molecule has 0 saturated carbocycles. The number of hydrogen-bond donors (Lipinski definition) is 1. The zero-order chi connectivity index (χ0) is 29.4. The summed E-state index contributed by atoms with van der Waals surface area (Å²) in [6, 6.07) is 18.2. The highest BCUT2D eigenvalue weighted by Crippen LogP contribution is 2.28. The standard InChI is InChI=1S/C29H33Cl2N3O5S/c1-5-27(29(36)32-20(2)3)33(18-21-14-15-25(30)26(31)16-21)28(35)19-34(22-10-9-11-23(17-22)39-4)40(37,38)24-12-7-6-8-13-24/h6-17,20,27H,5,18-19H2,1-4H3,(H,32,36). The summed E-state index contributed by atoms with van der Waals surface area (Å²) in [6.45, 7) is 4.90. The summed E-state index contributed by atoms with van der Waals surface area (Å²) in [5.74, 6) is -0.488. The molecule has 0 heterocycles. The fraction of sp³-hybridized carbons (Fsp3) is 0.310. The fourth-order valence-corrected chi connectivity index (χ4v) is 5.90. The van der Waals surface area contributed by atoms with Crippen LogP contribution in [0.25, 0.3) is 0 Å². The molecule has 1 unspecified atom stereocenters. The lowest BCUT2D eigenvalue weighted by molar-refractivity contribution is -0.140. The van der Waals surface area contributed by atoms with Crippen LogP contribution < -0.4 is 14.4 Å². The first-order chi connectivity index (χ1) is 19.0. The molecule has 0 bridgehead atoms. The van der Waals surface area contributed by atoms with Crippen molar-refractivity contribution in [3.63, 3.8) is 0 Å². The van der Waals surface area contributed by atoms with Crippen LogP contribution in [0, 0.1) is 0 Å². The highest BCUT2D eigenvalue weighted by atomic mass is 35.5. The van der Waals surface area contributed by atoms with Gasteiger partial charge in [-0.3, -0.25) is 13.9 Å². The molecule has 2 amide bonds. The molecule has 214 valence electrons. The van der Waals surface area contributed by atoms with E-state index < -0.39 is 28.5 Å². The van der Waals surface area contributed by atoms with E-state index >= 15 is 0 Å². The van der Waals surface area contributed by atoms with Gasteiger partial charge in [-0.15, -0.1) is 0 Å². The van der Waals surface area contributed by atoms with E-state index in [2.05, 4.69) is 5.32 Å². The van der Waals surface area contributed by atoms with E-state index in [1.54, 1.807) is 67.6 Å². The third-order valence-corrected chi connectivity index (χ3v) is 8.63. The zero-order valence-corrected chi connectivity index (χ0v) is 25.1. The molecular weight excluding hydrogens is 573 g/mol. The van der Waals surface area contributed by atoms with Crippen LogP contribution in [0.3, 0.4) is 0 Å². The third kappa shape index (κ3) is 7.68. The molecule has 0 saturated heterocycles. The molecule has 40 heavy (non-hydrogen) atoms. The minimum absolute atomic E-state index is 0.0110. The number of rotatable bonds is 12. The van der Waals surface area contributed by atoms with Crippen LogP contribution >= 0.6 is 23.2 Å². The van der Waals surface area contributed by atoms with E-state index in [0.717, 1.165) is 4.31 Å². The Balaban J connectivity index is 2.08. The highest BCUT2D eigenvalue weighted by molar-refractivity contribution is 7.92. The van der Waals surface area contributed by atoms with Gasteiger partial charge in [0.15, 0.2) is 0 Å². The molecule has 0 radical (unpaired) electrons. The van der Waals surface area contributed by atoms with Crippen molar-refractivity contribution in [3.05, 3.63) is 88.4 Å². The number of nitrogens with one attached hydrogen (secondary N) is 1. The average molecular weight is 607 g/mol. The molecule has 8 nitrogen and oxygen atoms in total. The maximum absolute atomic E-state index is 14.1. The number of carbonyl (C=O) groups is 2.